The highest BCUT2D eigenvalue weighted by atomic mass is 19.4. The lowest BCUT2D eigenvalue weighted by Gasteiger charge is -2.19. The smallest absolute Gasteiger partial charge is 0.325 e. The number of hydrogen-bond donors (Lipinski definition) is 2. The minimum absolute atomic E-state index is 0.0896. The summed E-state index contributed by atoms with van der Waals surface area (Å²) in [7, 11) is 0. The average molecular weight is 371 g/mol. The normalized spacial score (nSPS) is 19.5. The van der Waals surface area contributed by atoms with Crippen LogP contribution in [0.5, 0.6) is 0 Å². The number of nitrogens with zero attached hydrogens (tertiary/aromatic N) is 1. The van der Waals surface area contributed by atoms with Gasteiger partial charge in [-0.25, -0.2) is 0 Å². The molecule has 1 aromatic carbocycles. The van der Waals surface area contributed by atoms with E-state index in [9.17, 15) is 18.0 Å². The number of alkyl halides is 3. The Morgan fingerprint density at radius 2 is 2.08 bits per heavy atom. The third kappa shape index (κ3) is 6.29. The van der Waals surface area contributed by atoms with Gasteiger partial charge < -0.3 is 15.5 Å². The van der Waals surface area contributed by atoms with Crippen LogP contribution >= 0.6 is 0 Å². The number of hydrogen-bond acceptors (Lipinski definition) is 3. The van der Waals surface area contributed by atoms with Crippen molar-refractivity contribution in [3.63, 3.8) is 0 Å². The molecule has 1 fully saturated rings. The molecule has 1 saturated heterocycles. The maximum atomic E-state index is 13.0. The van der Waals surface area contributed by atoms with E-state index in [0.717, 1.165) is 45.1 Å². The number of anilines is 1. The first-order valence-corrected chi connectivity index (χ1v) is 9.21. The quantitative estimate of drug-likeness (QED) is 0.732. The molecule has 0 aromatic heterocycles. The van der Waals surface area contributed by atoms with Crippen molar-refractivity contribution in [2.45, 2.75) is 45.3 Å². The highest BCUT2D eigenvalue weighted by molar-refractivity contribution is 5.92. The van der Waals surface area contributed by atoms with Gasteiger partial charge in [0, 0.05) is 19.0 Å². The van der Waals surface area contributed by atoms with Gasteiger partial charge in [-0.05, 0) is 57.5 Å². The molecule has 1 amide bonds. The molecule has 2 atom stereocenters. The van der Waals surface area contributed by atoms with Crippen LogP contribution in [0.3, 0.4) is 0 Å². The zero-order valence-electron chi connectivity index (χ0n) is 15.4. The van der Waals surface area contributed by atoms with Crippen molar-refractivity contribution >= 4 is 11.6 Å². The predicted molar refractivity (Wildman–Crippen MR) is 97.0 cm³/mol. The SMILES string of the molecule is CCCN1CCC(CNC(C)CC(=O)Nc2ccccc2C(F)(F)F)C1. The molecular formula is C19H28F3N3O. The Morgan fingerprint density at radius 3 is 2.77 bits per heavy atom. The summed E-state index contributed by atoms with van der Waals surface area (Å²) in [6.07, 6.45) is -2.06. The van der Waals surface area contributed by atoms with E-state index >= 15 is 0 Å². The van der Waals surface area contributed by atoms with Crippen molar-refractivity contribution in [3.05, 3.63) is 29.8 Å². The minimum atomic E-state index is -4.49. The fourth-order valence-corrected chi connectivity index (χ4v) is 3.36. The summed E-state index contributed by atoms with van der Waals surface area (Å²) in [6.45, 7) is 8.18. The second-order valence-electron chi connectivity index (χ2n) is 7.06. The van der Waals surface area contributed by atoms with E-state index in [4.69, 9.17) is 0 Å². The predicted octanol–water partition coefficient (Wildman–Crippen LogP) is 3.74. The van der Waals surface area contributed by atoms with Crippen molar-refractivity contribution in [2.75, 3.05) is 31.5 Å². The molecule has 26 heavy (non-hydrogen) atoms. The number of rotatable bonds is 8. The molecule has 0 saturated carbocycles. The summed E-state index contributed by atoms with van der Waals surface area (Å²) >= 11 is 0. The number of carbonyl (C=O) groups excluding carboxylic acids is 1. The average Bonchev–Trinajstić information content (AvgIpc) is 3.00. The van der Waals surface area contributed by atoms with E-state index in [0.29, 0.717) is 5.92 Å². The van der Waals surface area contributed by atoms with Crippen LogP contribution in [0.15, 0.2) is 24.3 Å². The first kappa shape index (κ1) is 20.7. The topological polar surface area (TPSA) is 44.4 Å². The molecule has 2 unspecified atom stereocenters. The van der Waals surface area contributed by atoms with Crippen molar-refractivity contribution in [1.82, 2.24) is 10.2 Å². The van der Waals surface area contributed by atoms with Crippen molar-refractivity contribution in [3.8, 4) is 0 Å². The van der Waals surface area contributed by atoms with E-state index in [1.807, 2.05) is 6.92 Å². The highest BCUT2D eigenvalue weighted by Gasteiger charge is 2.33. The molecular weight excluding hydrogens is 343 g/mol. The number of nitrogens with one attached hydrogen (secondary N) is 2. The van der Waals surface area contributed by atoms with Crippen LogP contribution in [0.2, 0.25) is 0 Å². The second kappa shape index (κ2) is 9.37. The van der Waals surface area contributed by atoms with Crippen molar-refractivity contribution in [2.24, 2.45) is 5.92 Å². The fourth-order valence-electron chi connectivity index (χ4n) is 3.36. The standard InChI is InChI=1S/C19H28F3N3O/c1-3-9-25-10-8-15(13-25)12-23-14(2)11-18(26)24-17-7-5-4-6-16(17)19(20,21)22/h4-7,14-15,23H,3,8-13H2,1-2H3,(H,24,26). The van der Waals surface area contributed by atoms with Crippen molar-refractivity contribution < 1.29 is 18.0 Å². The maximum Gasteiger partial charge on any atom is 0.418 e. The van der Waals surface area contributed by atoms with Gasteiger partial charge in [-0.1, -0.05) is 19.1 Å². The monoisotopic (exact) mass is 371 g/mol. The molecule has 1 aromatic rings. The van der Waals surface area contributed by atoms with Crippen LogP contribution in [-0.2, 0) is 11.0 Å². The van der Waals surface area contributed by atoms with Gasteiger partial charge in [0.05, 0.1) is 11.3 Å². The van der Waals surface area contributed by atoms with Gasteiger partial charge in [0.25, 0.3) is 0 Å². The van der Waals surface area contributed by atoms with Gasteiger partial charge in [0.1, 0.15) is 0 Å². The number of likely N-dealkylation sites (tertiary alicyclic amines) is 1. The summed E-state index contributed by atoms with van der Waals surface area (Å²) in [5.74, 6) is 0.152. The minimum Gasteiger partial charge on any atom is -0.325 e. The summed E-state index contributed by atoms with van der Waals surface area (Å²) in [5.41, 5.74) is -1.01. The molecule has 0 radical (unpaired) electrons. The molecule has 146 valence electrons. The Morgan fingerprint density at radius 1 is 1.35 bits per heavy atom. The van der Waals surface area contributed by atoms with Crippen LogP contribution < -0.4 is 10.6 Å². The zero-order valence-corrected chi connectivity index (χ0v) is 15.4. The number of halogens is 3. The lowest BCUT2D eigenvalue weighted by molar-refractivity contribution is -0.137. The molecule has 2 N–H and O–H groups in total. The number of amides is 1. The zero-order chi connectivity index (χ0) is 19.2. The van der Waals surface area contributed by atoms with Crippen LogP contribution in [0, 0.1) is 5.92 Å². The molecule has 7 heteroatoms. The van der Waals surface area contributed by atoms with Crippen LogP contribution in [0.1, 0.15) is 38.7 Å². The summed E-state index contributed by atoms with van der Waals surface area (Å²) in [4.78, 5) is 14.6. The van der Waals surface area contributed by atoms with Crippen LogP contribution in [0.4, 0.5) is 18.9 Å². The molecule has 2 rings (SSSR count). The second-order valence-corrected chi connectivity index (χ2v) is 7.06. The third-order valence-corrected chi connectivity index (χ3v) is 4.66. The van der Waals surface area contributed by atoms with E-state index in [1.165, 1.54) is 18.2 Å². The van der Waals surface area contributed by atoms with Gasteiger partial charge >= 0.3 is 6.18 Å². The Labute approximate surface area is 153 Å². The first-order chi connectivity index (χ1) is 12.3. The lowest BCUT2D eigenvalue weighted by Crippen LogP contribution is -2.35. The van der Waals surface area contributed by atoms with Gasteiger partial charge in [-0.2, -0.15) is 13.2 Å². The van der Waals surface area contributed by atoms with E-state index < -0.39 is 17.6 Å². The molecule has 0 aliphatic carbocycles. The van der Waals surface area contributed by atoms with Gasteiger partial charge in [0.2, 0.25) is 5.91 Å². The number of benzene rings is 1. The lowest BCUT2D eigenvalue weighted by atomic mass is 10.1. The Hall–Kier alpha value is -1.60. The van der Waals surface area contributed by atoms with Crippen LogP contribution in [-0.4, -0.2) is 43.0 Å². The van der Waals surface area contributed by atoms with E-state index in [-0.39, 0.29) is 18.2 Å². The van der Waals surface area contributed by atoms with Gasteiger partial charge in [-0.15, -0.1) is 0 Å². The van der Waals surface area contributed by atoms with Crippen LogP contribution in [0.25, 0.3) is 0 Å². The first-order valence-electron chi connectivity index (χ1n) is 9.21. The molecule has 4 nitrogen and oxygen atoms in total. The molecule has 1 aliphatic rings. The summed E-state index contributed by atoms with van der Waals surface area (Å²) in [5, 5.41) is 5.73. The molecule has 0 spiro atoms. The summed E-state index contributed by atoms with van der Waals surface area (Å²) in [6, 6.07) is 4.95. The number of carbonyl (C=O) groups is 1. The Bertz CT molecular complexity index is 592. The van der Waals surface area contributed by atoms with Gasteiger partial charge in [-0.3, -0.25) is 4.79 Å². The van der Waals surface area contributed by atoms with Crippen molar-refractivity contribution in [1.29, 1.82) is 0 Å². The highest BCUT2D eigenvalue weighted by Crippen LogP contribution is 2.34. The molecule has 1 aliphatic heterocycles. The van der Waals surface area contributed by atoms with E-state index in [1.54, 1.807) is 0 Å². The third-order valence-electron chi connectivity index (χ3n) is 4.66. The maximum absolute atomic E-state index is 13.0. The largest absolute Gasteiger partial charge is 0.418 e. The Balaban J connectivity index is 1.78. The number of para-hydroxylation sites is 1. The molecule has 0 bridgehead atoms. The van der Waals surface area contributed by atoms with E-state index in [2.05, 4.69) is 22.5 Å². The Kier molecular flexibility index (Phi) is 7.46. The fraction of sp³-hybridized carbons (Fsp3) is 0.632. The van der Waals surface area contributed by atoms with Gasteiger partial charge in [0.15, 0.2) is 0 Å². The molecule has 1 heterocycles. The summed E-state index contributed by atoms with van der Waals surface area (Å²) < 4.78 is 38.9.